The monoisotopic (exact) mass is 520 g/mol. The molecule has 9 nitrogen and oxygen atoms in total. The first kappa shape index (κ1) is 27.6. The molecule has 38 heavy (non-hydrogen) atoms. The molecule has 1 aromatic heterocycles. The molecular formula is C29H36N4O5. The van der Waals surface area contributed by atoms with Gasteiger partial charge in [0.05, 0.1) is 24.7 Å². The Kier molecular flexibility index (Phi) is 10.1. The Bertz CT molecular complexity index is 1280. The molecule has 1 fully saturated rings. The van der Waals surface area contributed by atoms with Crippen LogP contribution < -0.4 is 16.4 Å². The van der Waals surface area contributed by atoms with Crippen molar-refractivity contribution in [2.75, 3.05) is 32.9 Å². The summed E-state index contributed by atoms with van der Waals surface area (Å²) in [5.41, 5.74) is 4.13. The van der Waals surface area contributed by atoms with Crippen LogP contribution in [0.3, 0.4) is 0 Å². The standard InChI is InChI=1S/C29H36N4O5/c1-2-3-14-36-16-13-33-25-18-23(10-11-26(25)38-29(33)35)22-8-6-21(7-9-22)17-24(19-30)32-28(34)27-20-31-12-4-5-15-37-27/h6-11,18,24,27,31H,2-5,12-17,20H2,1H3,(H,32,34)/t24-,27-/m0/s1. The number of nitriles is 1. The van der Waals surface area contributed by atoms with Gasteiger partial charge in [0, 0.05) is 26.2 Å². The van der Waals surface area contributed by atoms with Gasteiger partial charge in [-0.15, -0.1) is 0 Å². The molecule has 2 aromatic carbocycles. The first-order chi connectivity index (χ1) is 18.6. The largest absolute Gasteiger partial charge is 0.420 e. The molecule has 0 unspecified atom stereocenters. The fourth-order valence-electron chi connectivity index (χ4n) is 4.46. The van der Waals surface area contributed by atoms with Crippen LogP contribution in [0.15, 0.2) is 51.7 Å². The Balaban J connectivity index is 1.40. The number of hydrogen-bond donors (Lipinski definition) is 2. The van der Waals surface area contributed by atoms with Crippen molar-refractivity contribution in [2.24, 2.45) is 0 Å². The average Bonchev–Trinajstić information content (AvgIpc) is 3.22. The molecular weight excluding hydrogens is 484 g/mol. The third-order valence-corrected chi connectivity index (χ3v) is 6.66. The Hall–Kier alpha value is -3.45. The van der Waals surface area contributed by atoms with Crippen LogP contribution in [0.4, 0.5) is 0 Å². The number of hydrogen-bond acceptors (Lipinski definition) is 7. The molecule has 9 heteroatoms. The summed E-state index contributed by atoms with van der Waals surface area (Å²) in [5, 5.41) is 15.7. The molecule has 2 atom stereocenters. The number of ether oxygens (including phenoxy) is 2. The zero-order chi connectivity index (χ0) is 26.7. The highest BCUT2D eigenvalue weighted by atomic mass is 16.5. The predicted octanol–water partition coefficient (Wildman–Crippen LogP) is 3.40. The van der Waals surface area contributed by atoms with Crippen molar-refractivity contribution < 1.29 is 18.7 Å². The smallest absolute Gasteiger partial charge is 0.408 e. The number of oxazole rings is 1. The summed E-state index contributed by atoms with van der Waals surface area (Å²) >= 11 is 0. The van der Waals surface area contributed by atoms with Crippen molar-refractivity contribution in [1.29, 1.82) is 5.26 Å². The van der Waals surface area contributed by atoms with Gasteiger partial charge in [0.25, 0.3) is 5.91 Å². The molecule has 4 rings (SSSR count). The van der Waals surface area contributed by atoms with Crippen LogP contribution >= 0.6 is 0 Å². The van der Waals surface area contributed by atoms with Gasteiger partial charge in [-0.1, -0.05) is 43.7 Å². The minimum Gasteiger partial charge on any atom is -0.408 e. The molecule has 0 aliphatic carbocycles. The molecule has 2 N–H and O–H groups in total. The summed E-state index contributed by atoms with van der Waals surface area (Å²) in [4.78, 5) is 25.0. The topological polar surface area (TPSA) is 119 Å². The summed E-state index contributed by atoms with van der Waals surface area (Å²) in [5.74, 6) is -0.658. The fraction of sp³-hybridized carbons (Fsp3) is 0.483. The van der Waals surface area contributed by atoms with Crippen molar-refractivity contribution in [1.82, 2.24) is 15.2 Å². The molecule has 0 spiro atoms. The highest BCUT2D eigenvalue weighted by molar-refractivity contribution is 5.82. The lowest BCUT2D eigenvalue weighted by atomic mass is 10.0. The summed E-state index contributed by atoms with van der Waals surface area (Å²) in [6.07, 6.45) is 3.79. The van der Waals surface area contributed by atoms with Crippen LogP contribution in [-0.4, -0.2) is 55.5 Å². The molecule has 1 aliphatic heterocycles. The molecule has 1 saturated heterocycles. The van der Waals surface area contributed by atoms with Gasteiger partial charge in [-0.2, -0.15) is 5.26 Å². The van der Waals surface area contributed by atoms with Crippen molar-refractivity contribution in [2.45, 2.75) is 57.7 Å². The van der Waals surface area contributed by atoms with Crippen LogP contribution in [0.2, 0.25) is 0 Å². The van der Waals surface area contributed by atoms with Gasteiger partial charge in [-0.25, -0.2) is 4.79 Å². The van der Waals surface area contributed by atoms with E-state index in [0.717, 1.165) is 54.4 Å². The molecule has 2 heterocycles. The van der Waals surface area contributed by atoms with E-state index in [1.54, 1.807) is 4.57 Å². The second kappa shape index (κ2) is 13.9. The third kappa shape index (κ3) is 7.32. The van der Waals surface area contributed by atoms with E-state index < -0.39 is 17.9 Å². The normalized spacial score (nSPS) is 16.9. The summed E-state index contributed by atoms with van der Waals surface area (Å²) in [7, 11) is 0. The van der Waals surface area contributed by atoms with Crippen LogP contribution in [0.25, 0.3) is 22.2 Å². The second-order valence-corrected chi connectivity index (χ2v) is 9.53. The van der Waals surface area contributed by atoms with Gasteiger partial charge in [-0.3, -0.25) is 9.36 Å². The number of fused-ring (bicyclic) bond motifs is 1. The van der Waals surface area contributed by atoms with Gasteiger partial charge in [0.15, 0.2) is 5.58 Å². The average molecular weight is 521 g/mol. The van der Waals surface area contributed by atoms with Gasteiger partial charge in [0.1, 0.15) is 12.1 Å². The van der Waals surface area contributed by atoms with Crippen molar-refractivity contribution >= 4 is 17.0 Å². The van der Waals surface area contributed by atoms with Gasteiger partial charge in [0.2, 0.25) is 0 Å². The minimum atomic E-state index is -0.654. The van der Waals surface area contributed by atoms with Crippen LogP contribution in [0, 0.1) is 11.3 Å². The van der Waals surface area contributed by atoms with Crippen molar-refractivity contribution in [3.8, 4) is 17.2 Å². The maximum Gasteiger partial charge on any atom is 0.420 e. The van der Waals surface area contributed by atoms with E-state index in [0.29, 0.717) is 44.9 Å². The van der Waals surface area contributed by atoms with E-state index in [1.165, 1.54) is 0 Å². The summed E-state index contributed by atoms with van der Waals surface area (Å²) in [6, 6.07) is 15.1. The molecule has 1 amide bonds. The summed E-state index contributed by atoms with van der Waals surface area (Å²) < 4.78 is 18.3. The number of carbonyl (C=O) groups is 1. The van der Waals surface area contributed by atoms with Crippen LogP contribution in [-0.2, 0) is 27.2 Å². The quantitative estimate of drug-likeness (QED) is 0.372. The van der Waals surface area contributed by atoms with Gasteiger partial charge in [-0.05, 0) is 54.6 Å². The lowest BCUT2D eigenvalue weighted by molar-refractivity contribution is -0.133. The molecule has 1 aliphatic rings. The van der Waals surface area contributed by atoms with E-state index in [4.69, 9.17) is 13.9 Å². The fourth-order valence-corrected chi connectivity index (χ4v) is 4.46. The predicted molar refractivity (Wildman–Crippen MR) is 145 cm³/mol. The van der Waals surface area contributed by atoms with Crippen LogP contribution in [0.5, 0.6) is 0 Å². The van der Waals surface area contributed by atoms with Gasteiger partial charge < -0.3 is 24.5 Å². The maximum atomic E-state index is 12.6. The first-order valence-electron chi connectivity index (χ1n) is 13.4. The van der Waals surface area contributed by atoms with E-state index in [-0.39, 0.29) is 5.91 Å². The number of rotatable bonds is 11. The SMILES string of the molecule is CCCCOCCn1c(=O)oc2ccc(-c3ccc(C[C@@H](C#N)NC(=O)[C@@H]4CNCCCCO4)cc3)cc21. The summed E-state index contributed by atoms with van der Waals surface area (Å²) in [6.45, 7) is 5.53. The Morgan fingerprint density at radius 2 is 2.03 bits per heavy atom. The Morgan fingerprint density at radius 1 is 1.21 bits per heavy atom. The molecule has 3 aromatic rings. The molecule has 0 bridgehead atoms. The Morgan fingerprint density at radius 3 is 2.82 bits per heavy atom. The van der Waals surface area contributed by atoms with Crippen molar-refractivity contribution in [3.05, 3.63) is 58.6 Å². The third-order valence-electron chi connectivity index (χ3n) is 6.66. The maximum absolute atomic E-state index is 12.6. The zero-order valence-electron chi connectivity index (χ0n) is 21.9. The Labute approximate surface area is 222 Å². The number of benzene rings is 2. The highest BCUT2D eigenvalue weighted by Crippen LogP contribution is 2.25. The number of unbranched alkanes of at least 4 members (excludes halogenated alkanes) is 1. The molecule has 0 radical (unpaired) electrons. The van der Waals surface area contributed by atoms with E-state index in [1.807, 2.05) is 42.5 Å². The van der Waals surface area contributed by atoms with Crippen LogP contribution in [0.1, 0.15) is 38.2 Å². The number of nitrogens with zero attached hydrogens (tertiary/aromatic N) is 2. The lowest BCUT2D eigenvalue weighted by Gasteiger charge is -2.22. The van der Waals surface area contributed by atoms with Gasteiger partial charge >= 0.3 is 5.76 Å². The number of amides is 1. The number of aromatic nitrogens is 1. The number of nitrogens with one attached hydrogen (secondary N) is 2. The van der Waals surface area contributed by atoms with E-state index in [2.05, 4.69) is 23.6 Å². The zero-order valence-corrected chi connectivity index (χ0v) is 21.9. The van der Waals surface area contributed by atoms with Crippen molar-refractivity contribution in [3.63, 3.8) is 0 Å². The lowest BCUT2D eigenvalue weighted by Crippen LogP contribution is -2.47. The molecule has 202 valence electrons. The first-order valence-corrected chi connectivity index (χ1v) is 13.4. The second-order valence-electron chi connectivity index (χ2n) is 9.53. The van der Waals surface area contributed by atoms with E-state index >= 15 is 0 Å². The highest BCUT2D eigenvalue weighted by Gasteiger charge is 2.23. The van der Waals surface area contributed by atoms with E-state index in [9.17, 15) is 14.9 Å². The number of carbonyl (C=O) groups excluding carboxylic acids is 1. The molecule has 0 saturated carbocycles. The minimum absolute atomic E-state index is 0.266.